The van der Waals surface area contributed by atoms with Crippen molar-refractivity contribution in [1.82, 2.24) is 34.8 Å². The minimum Gasteiger partial charge on any atom is -0.376 e. The first-order valence-corrected chi connectivity index (χ1v) is 15.5. The second-order valence-corrected chi connectivity index (χ2v) is 11.4. The Balaban J connectivity index is 1.33. The molecule has 228 valence electrons. The quantitative estimate of drug-likeness (QED) is 0.236. The fraction of sp³-hybridized carbons (Fsp3) is 0.286. The van der Waals surface area contributed by atoms with E-state index in [1.165, 1.54) is 0 Å². The number of aryl methyl sites for hydroxylation is 1. The maximum atomic E-state index is 14.4. The van der Waals surface area contributed by atoms with E-state index in [4.69, 9.17) is 4.74 Å². The van der Waals surface area contributed by atoms with Crippen molar-refractivity contribution in [3.05, 3.63) is 102 Å². The van der Waals surface area contributed by atoms with E-state index in [9.17, 15) is 9.59 Å². The molecule has 45 heavy (non-hydrogen) atoms. The molecule has 4 heterocycles. The van der Waals surface area contributed by atoms with Crippen molar-refractivity contribution in [3.63, 3.8) is 0 Å². The zero-order valence-electron chi connectivity index (χ0n) is 25.2. The molecule has 0 unspecified atom stereocenters. The summed E-state index contributed by atoms with van der Waals surface area (Å²) in [4.78, 5) is 34.6. The minimum absolute atomic E-state index is 0.0383. The molecule has 1 aliphatic heterocycles. The number of amides is 2. The molecule has 3 aromatic heterocycles. The highest BCUT2D eigenvalue weighted by molar-refractivity contribution is 6.08. The van der Waals surface area contributed by atoms with Crippen LogP contribution in [-0.4, -0.2) is 60.5 Å². The first kappa shape index (κ1) is 28.7. The standard InChI is InChI=1S/C35H35N7O3/c1-2-40-30-13-5-3-11-27(30)28-19-25(15-16-31(28)40)34(35(44)37-21-26-10-8-18-45-26)41(22-24-9-7-17-36-20-24)33(43)23-42-32-14-6-4-12-29(32)38-39-42/h3-7,9,11-17,19-20,26,34H,2,8,10,18,21-23H2,1H3,(H,37,44)/t26-,34-/m1/s1. The first-order valence-electron chi connectivity index (χ1n) is 15.5. The fourth-order valence-electron chi connectivity index (χ4n) is 6.44. The maximum Gasteiger partial charge on any atom is 0.247 e. The number of hydrogen-bond donors (Lipinski definition) is 1. The van der Waals surface area contributed by atoms with Gasteiger partial charge in [-0.15, -0.1) is 5.10 Å². The third-order valence-electron chi connectivity index (χ3n) is 8.62. The van der Waals surface area contributed by atoms with Crippen LogP contribution in [0.2, 0.25) is 0 Å². The SMILES string of the molecule is CCn1c2ccccc2c2cc([C@H](C(=O)NC[C@H]3CCCO3)N(Cc3cccnc3)C(=O)Cn3nnc4ccccc43)ccc21. The van der Waals surface area contributed by atoms with Gasteiger partial charge in [0.15, 0.2) is 0 Å². The lowest BCUT2D eigenvalue weighted by Crippen LogP contribution is -2.46. The van der Waals surface area contributed by atoms with Crippen molar-refractivity contribution in [2.75, 3.05) is 13.2 Å². The predicted octanol–water partition coefficient (Wildman–Crippen LogP) is 5.02. The maximum absolute atomic E-state index is 14.4. The number of para-hydroxylation sites is 2. The molecule has 6 aromatic rings. The van der Waals surface area contributed by atoms with Crippen molar-refractivity contribution in [1.29, 1.82) is 0 Å². The highest BCUT2D eigenvalue weighted by Gasteiger charge is 2.33. The van der Waals surface area contributed by atoms with Crippen molar-refractivity contribution in [2.45, 2.75) is 51.5 Å². The van der Waals surface area contributed by atoms with Crippen LogP contribution in [0.3, 0.4) is 0 Å². The van der Waals surface area contributed by atoms with E-state index in [0.717, 1.165) is 57.8 Å². The van der Waals surface area contributed by atoms with Gasteiger partial charge in [-0.1, -0.05) is 47.7 Å². The van der Waals surface area contributed by atoms with Crippen molar-refractivity contribution in [3.8, 4) is 0 Å². The van der Waals surface area contributed by atoms with Crippen molar-refractivity contribution >= 4 is 44.7 Å². The molecule has 1 saturated heterocycles. The van der Waals surface area contributed by atoms with Gasteiger partial charge in [0.05, 0.1) is 11.6 Å². The Morgan fingerprint density at radius 1 is 1.00 bits per heavy atom. The summed E-state index contributed by atoms with van der Waals surface area (Å²) >= 11 is 0. The van der Waals surface area contributed by atoms with Crippen LogP contribution in [-0.2, 0) is 34.0 Å². The van der Waals surface area contributed by atoms with E-state index in [0.29, 0.717) is 18.7 Å². The Labute approximate surface area is 260 Å². The topological polar surface area (TPSA) is 107 Å². The van der Waals surface area contributed by atoms with Gasteiger partial charge in [-0.05, 0) is 67.3 Å². The highest BCUT2D eigenvalue weighted by atomic mass is 16.5. The smallest absolute Gasteiger partial charge is 0.247 e. The number of aromatic nitrogens is 5. The molecule has 1 N–H and O–H groups in total. The normalized spacial score (nSPS) is 15.5. The number of hydrogen-bond acceptors (Lipinski definition) is 6. The summed E-state index contributed by atoms with van der Waals surface area (Å²) in [5.74, 6) is -0.521. The van der Waals surface area contributed by atoms with Crippen LogP contribution < -0.4 is 5.32 Å². The molecular formula is C35H35N7O3. The molecule has 1 aliphatic rings. The van der Waals surface area contributed by atoms with Gasteiger partial charge in [0.2, 0.25) is 11.8 Å². The van der Waals surface area contributed by atoms with E-state index >= 15 is 0 Å². The van der Waals surface area contributed by atoms with E-state index in [1.807, 2.05) is 54.6 Å². The molecule has 0 saturated carbocycles. The molecule has 1 fully saturated rings. The van der Waals surface area contributed by atoms with E-state index in [2.05, 4.69) is 56.4 Å². The Morgan fingerprint density at radius 2 is 1.82 bits per heavy atom. The number of ether oxygens (including phenoxy) is 1. The number of fused-ring (bicyclic) bond motifs is 4. The summed E-state index contributed by atoms with van der Waals surface area (Å²) < 4.78 is 9.66. The lowest BCUT2D eigenvalue weighted by atomic mass is 10.00. The lowest BCUT2D eigenvalue weighted by Gasteiger charge is -2.32. The monoisotopic (exact) mass is 601 g/mol. The van der Waals surface area contributed by atoms with Crippen LogP contribution in [0.1, 0.15) is 36.9 Å². The third kappa shape index (κ3) is 5.64. The Hall–Kier alpha value is -5.09. The van der Waals surface area contributed by atoms with Gasteiger partial charge in [-0.3, -0.25) is 14.6 Å². The van der Waals surface area contributed by atoms with Crippen LogP contribution in [0.4, 0.5) is 0 Å². The van der Waals surface area contributed by atoms with Crippen LogP contribution >= 0.6 is 0 Å². The van der Waals surface area contributed by atoms with Gasteiger partial charge in [0.1, 0.15) is 18.1 Å². The molecule has 0 aliphatic carbocycles. The van der Waals surface area contributed by atoms with E-state index in [1.54, 1.807) is 22.0 Å². The molecule has 10 heteroatoms. The van der Waals surface area contributed by atoms with Gasteiger partial charge < -0.3 is 19.5 Å². The fourth-order valence-corrected chi connectivity index (χ4v) is 6.44. The summed E-state index contributed by atoms with van der Waals surface area (Å²) in [6.07, 6.45) is 5.25. The number of carbonyl (C=O) groups excluding carboxylic acids is 2. The average molecular weight is 602 g/mol. The molecule has 0 radical (unpaired) electrons. The number of nitrogens with zero attached hydrogens (tertiary/aromatic N) is 6. The summed E-state index contributed by atoms with van der Waals surface area (Å²) in [6.45, 7) is 4.13. The lowest BCUT2D eigenvalue weighted by molar-refractivity contribution is -0.142. The summed E-state index contributed by atoms with van der Waals surface area (Å²) in [5.41, 5.74) is 5.21. The molecule has 0 bridgehead atoms. The van der Waals surface area contributed by atoms with Gasteiger partial charge >= 0.3 is 0 Å². The second kappa shape index (κ2) is 12.5. The second-order valence-electron chi connectivity index (χ2n) is 11.4. The highest BCUT2D eigenvalue weighted by Crippen LogP contribution is 2.33. The number of nitrogens with one attached hydrogen (secondary N) is 1. The average Bonchev–Trinajstić information content (AvgIpc) is 3.82. The zero-order valence-corrected chi connectivity index (χ0v) is 25.2. The van der Waals surface area contributed by atoms with Crippen molar-refractivity contribution < 1.29 is 14.3 Å². The van der Waals surface area contributed by atoms with E-state index in [-0.39, 0.29) is 31.0 Å². The Kier molecular flexibility index (Phi) is 7.96. The van der Waals surface area contributed by atoms with Crippen LogP contribution in [0.25, 0.3) is 32.8 Å². The van der Waals surface area contributed by atoms with Crippen molar-refractivity contribution in [2.24, 2.45) is 0 Å². The minimum atomic E-state index is -0.915. The van der Waals surface area contributed by atoms with E-state index < -0.39 is 6.04 Å². The first-order chi connectivity index (χ1) is 22.1. The molecule has 3 aromatic carbocycles. The molecule has 0 spiro atoms. The molecular weight excluding hydrogens is 566 g/mol. The Bertz CT molecular complexity index is 1980. The van der Waals surface area contributed by atoms with Gasteiger partial charge in [-0.2, -0.15) is 0 Å². The number of benzene rings is 3. The zero-order chi connectivity index (χ0) is 30.8. The number of carbonyl (C=O) groups is 2. The Morgan fingerprint density at radius 3 is 2.62 bits per heavy atom. The van der Waals surface area contributed by atoms with Gasteiger partial charge in [-0.25, -0.2) is 4.68 Å². The molecule has 2 amide bonds. The summed E-state index contributed by atoms with van der Waals surface area (Å²) in [7, 11) is 0. The van der Waals surface area contributed by atoms with Crippen LogP contribution in [0.15, 0.2) is 91.3 Å². The third-order valence-corrected chi connectivity index (χ3v) is 8.62. The molecule has 2 atom stereocenters. The van der Waals surface area contributed by atoms with Crippen LogP contribution in [0, 0.1) is 0 Å². The number of pyridine rings is 1. The van der Waals surface area contributed by atoms with Crippen LogP contribution in [0.5, 0.6) is 0 Å². The van der Waals surface area contributed by atoms with Gasteiger partial charge in [0.25, 0.3) is 0 Å². The molecule has 10 nitrogen and oxygen atoms in total. The largest absolute Gasteiger partial charge is 0.376 e. The molecule has 7 rings (SSSR count). The predicted molar refractivity (Wildman–Crippen MR) is 172 cm³/mol. The summed E-state index contributed by atoms with van der Waals surface area (Å²) in [6, 6.07) is 24.7. The summed E-state index contributed by atoms with van der Waals surface area (Å²) in [5, 5.41) is 13.8. The van der Waals surface area contributed by atoms with Gasteiger partial charge in [0, 0.05) is 60.4 Å². The number of rotatable bonds is 10.